The highest BCUT2D eigenvalue weighted by molar-refractivity contribution is 5.58. The molecule has 0 radical (unpaired) electrons. The lowest BCUT2D eigenvalue weighted by molar-refractivity contribution is -0.136. The lowest BCUT2D eigenvalue weighted by atomic mass is 9.51. The number of halogens is 3. The number of nitrogens with zero attached hydrogens (tertiary/aromatic N) is 4. The number of benzene rings is 1. The van der Waals surface area contributed by atoms with Gasteiger partial charge in [0.05, 0.1) is 29.5 Å². The molecule has 2 saturated heterocycles. The van der Waals surface area contributed by atoms with Crippen LogP contribution in [0.2, 0.25) is 0 Å². The van der Waals surface area contributed by atoms with Gasteiger partial charge in [-0.2, -0.15) is 13.2 Å². The smallest absolute Gasteiger partial charge is 0.376 e. The van der Waals surface area contributed by atoms with E-state index in [9.17, 15) is 18.0 Å². The molecular weight excluding hydrogens is 531 g/mol. The van der Waals surface area contributed by atoms with Crippen molar-refractivity contribution in [3.05, 3.63) is 69.9 Å². The lowest BCUT2D eigenvalue weighted by Gasteiger charge is -2.54. The molecule has 2 aromatic heterocycles. The zero-order valence-electron chi connectivity index (χ0n) is 23.9. The molecule has 4 aliphatic rings. The van der Waals surface area contributed by atoms with E-state index in [1.165, 1.54) is 34.1 Å². The lowest BCUT2D eigenvalue weighted by Crippen LogP contribution is -2.57. The van der Waals surface area contributed by atoms with Gasteiger partial charge in [-0.05, 0) is 73.3 Å². The van der Waals surface area contributed by atoms with Crippen molar-refractivity contribution in [1.82, 2.24) is 24.3 Å². The summed E-state index contributed by atoms with van der Waals surface area (Å²) in [5, 5.41) is 2.16. The van der Waals surface area contributed by atoms with Gasteiger partial charge in [0.25, 0.3) is 0 Å². The fraction of sp³-hybridized carbons (Fsp3) is 0.581. The third kappa shape index (κ3) is 4.63. The second kappa shape index (κ2) is 9.42. The summed E-state index contributed by atoms with van der Waals surface area (Å²) in [7, 11) is 2.07. The van der Waals surface area contributed by atoms with E-state index in [4.69, 9.17) is 4.74 Å². The first-order valence-electron chi connectivity index (χ1n) is 14.7. The minimum Gasteiger partial charge on any atom is -0.376 e. The Hall–Kier alpha value is -2.66. The van der Waals surface area contributed by atoms with Gasteiger partial charge in [-0.1, -0.05) is 19.1 Å². The SMILES string of the molecule is CC1CN(C)NC1C1(c2cccc(-n3cc4c(C(F)(F)F)cc(CN5CCO[C@H](C)C5)cn4c3=O)c2)CC2(CC2)C1. The number of pyridine rings is 1. The summed E-state index contributed by atoms with van der Waals surface area (Å²) in [5.41, 5.74) is 4.88. The maximum atomic E-state index is 14.3. The Balaban J connectivity index is 1.29. The Morgan fingerprint density at radius 2 is 1.88 bits per heavy atom. The van der Waals surface area contributed by atoms with Crippen molar-refractivity contribution in [2.24, 2.45) is 11.3 Å². The fourth-order valence-corrected chi connectivity index (χ4v) is 8.05. The van der Waals surface area contributed by atoms with Crippen molar-refractivity contribution in [1.29, 1.82) is 0 Å². The number of ether oxygens (including phenoxy) is 1. The standard InChI is InChI=1S/C31H38F3N5O2/c1-20-13-36(3)35-27(20)30(18-29(19-30)7-8-29)23-5-4-6-24(12-23)38-17-26-25(31(32,33)34)11-22(16-39(26)28(38)40)15-37-9-10-41-21(2)14-37/h4-6,11-12,16-17,20-21,27,35H,7-10,13-15,18-19H2,1-3H3/t20?,21-,27?/m1/s1. The van der Waals surface area contributed by atoms with Crippen molar-refractivity contribution in [2.75, 3.05) is 33.3 Å². The summed E-state index contributed by atoms with van der Waals surface area (Å²) in [5.74, 6) is 0.460. The molecule has 0 bridgehead atoms. The summed E-state index contributed by atoms with van der Waals surface area (Å²) in [6.07, 6.45) is 3.08. The van der Waals surface area contributed by atoms with Gasteiger partial charge in [-0.15, -0.1) is 0 Å². The molecule has 2 aliphatic carbocycles. The average molecular weight is 570 g/mol. The van der Waals surface area contributed by atoms with Gasteiger partial charge in [-0.3, -0.25) is 19.3 Å². The molecule has 1 aromatic carbocycles. The van der Waals surface area contributed by atoms with Crippen molar-refractivity contribution < 1.29 is 17.9 Å². The maximum Gasteiger partial charge on any atom is 0.418 e. The van der Waals surface area contributed by atoms with Crippen LogP contribution in [0.25, 0.3) is 11.2 Å². The third-order valence-electron chi connectivity index (χ3n) is 9.98. The first kappa shape index (κ1) is 27.2. The van der Waals surface area contributed by atoms with Gasteiger partial charge >= 0.3 is 11.9 Å². The number of aromatic nitrogens is 2. The summed E-state index contributed by atoms with van der Waals surface area (Å²) in [4.78, 5) is 15.8. The van der Waals surface area contributed by atoms with Gasteiger partial charge in [-0.25, -0.2) is 9.80 Å². The molecule has 1 spiro atoms. The molecule has 3 aromatic rings. The molecule has 7 rings (SSSR count). The third-order valence-corrected chi connectivity index (χ3v) is 9.98. The topological polar surface area (TPSA) is 54.1 Å². The highest BCUT2D eigenvalue weighted by atomic mass is 19.4. The molecule has 2 saturated carbocycles. The van der Waals surface area contributed by atoms with E-state index < -0.39 is 17.4 Å². The monoisotopic (exact) mass is 569 g/mol. The van der Waals surface area contributed by atoms with Crippen molar-refractivity contribution >= 4 is 5.52 Å². The number of alkyl halides is 3. The zero-order valence-corrected chi connectivity index (χ0v) is 23.9. The maximum absolute atomic E-state index is 14.3. The minimum absolute atomic E-state index is 0.0159. The molecule has 4 heterocycles. The van der Waals surface area contributed by atoms with Crippen LogP contribution in [0.5, 0.6) is 0 Å². The molecular formula is C31H38F3N5O2. The van der Waals surface area contributed by atoms with Gasteiger partial charge < -0.3 is 4.74 Å². The van der Waals surface area contributed by atoms with Crippen LogP contribution in [0.1, 0.15) is 56.2 Å². The molecule has 41 heavy (non-hydrogen) atoms. The number of fused-ring (bicyclic) bond motifs is 1. The van der Waals surface area contributed by atoms with Crippen molar-refractivity contribution in [3.8, 4) is 5.69 Å². The van der Waals surface area contributed by atoms with Crippen LogP contribution in [0.15, 0.2) is 47.5 Å². The number of nitrogens with one attached hydrogen (secondary N) is 1. The van der Waals surface area contributed by atoms with Gasteiger partial charge in [0.15, 0.2) is 0 Å². The van der Waals surface area contributed by atoms with Crippen LogP contribution < -0.4 is 11.1 Å². The van der Waals surface area contributed by atoms with Gasteiger partial charge in [0.1, 0.15) is 0 Å². The van der Waals surface area contributed by atoms with Crippen molar-refractivity contribution in [3.63, 3.8) is 0 Å². The van der Waals surface area contributed by atoms with Crippen LogP contribution in [0, 0.1) is 11.3 Å². The Kier molecular flexibility index (Phi) is 6.25. The van der Waals surface area contributed by atoms with Crippen LogP contribution >= 0.6 is 0 Å². The molecule has 220 valence electrons. The quantitative estimate of drug-likeness (QED) is 0.487. The van der Waals surface area contributed by atoms with E-state index in [0.29, 0.717) is 48.8 Å². The summed E-state index contributed by atoms with van der Waals surface area (Å²) in [6.45, 7) is 7.34. The molecule has 2 aliphatic heterocycles. The number of hydrazine groups is 1. The number of hydrogen-bond acceptors (Lipinski definition) is 5. The van der Waals surface area contributed by atoms with Crippen LogP contribution in [-0.2, 0) is 22.9 Å². The highest BCUT2D eigenvalue weighted by Gasteiger charge is 2.65. The first-order valence-corrected chi connectivity index (χ1v) is 14.7. The Labute approximate surface area is 237 Å². The van der Waals surface area contributed by atoms with Crippen LogP contribution in [0.3, 0.4) is 0 Å². The Morgan fingerprint density at radius 1 is 1.10 bits per heavy atom. The Bertz CT molecular complexity index is 1530. The number of morpholine rings is 1. The second-order valence-electron chi connectivity index (χ2n) is 13.2. The molecule has 1 N–H and O–H groups in total. The van der Waals surface area contributed by atoms with Gasteiger partial charge in [0.2, 0.25) is 0 Å². The van der Waals surface area contributed by atoms with E-state index in [0.717, 1.165) is 24.9 Å². The van der Waals surface area contributed by atoms with Crippen LogP contribution in [0.4, 0.5) is 13.2 Å². The Morgan fingerprint density at radius 3 is 2.54 bits per heavy atom. The number of hydrogen-bond donors (Lipinski definition) is 1. The molecule has 3 atom stereocenters. The molecule has 7 nitrogen and oxygen atoms in total. The zero-order chi connectivity index (χ0) is 28.7. The molecule has 2 unspecified atom stereocenters. The van der Waals surface area contributed by atoms with E-state index in [2.05, 4.69) is 35.4 Å². The first-order chi connectivity index (χ1) is 19.5. The van der Waals surface area contributed by atoms with E-state index >= 15 is 0 Å². The fourth-order valence-electron chi connectivity index (χ4n) is 8.05. The van der Waals surface area contributed by atoms with Crippen molar-refractivity contribution in [2.45, 2.75) is 69.8 Å². The normalized spacial score (nSPS) is 27.9. The predicted octanol–water partition coefficient (Wildman–Crippen LogP) is 4.60. The highest BCUT2D eigenvalue weighted by Crippen LogP contribution is 2.70. The van der Waals surface area contributed by atoms with E-state index in [1.807, 2.05) is 25.1 Å². The summed E-state index contributed by atoms with van der Waals surface area (Å²) in [6, 6.07) is 9.41. The van der Waals surface area contributed by atoms with E-state index in [1.54, 1.807) is 6.20 Å². The second-order valence-corrected chi connectivity index (χ2v) is 13.2. The summed E-state index contributed by atoms with van der Waals surface area (Å²) < 4.78 is 51.1. The molecule has 10 heteroatoms. The summed E-state index contributed by atoms with van der Waals surface area (Å²) >= 11 is 0. The van der Waals surface area contributed by atoms with E-state index in [-0.39, 0.29) is 23.1 Å². The largest absolute Gasteiger partial charge is 0.418 e. The number of rotatable bonds is 5. The number of imidazole rings is 1. The average Bonchev–Trinajstić information content (AvgIpc) is 3.52. The predicted molar refractivity (Wildman–Crippen MR) is 150 cm³/mol. The van der Waals surface area contributed by atoms with Gasteiger partial charge in [0, 0.05) is 57.1 Å². The molecule has 4 fully saturated rings. The van der Waals surface area contributed by atoms with Crippen LogP contribution in [-0.4, -0.2) is 64.3 Å². The minimum atomic E-state index is -4.59. The molecule has 0 amide bonds.